The van der Waals surface area contributed by atoms with Crippen molar-refractivity contribution in [2.45, 2.75) is 42.9 Å². The fourth-order valence-electron chi connectivity index (χ4n) is 5.01. The summed E-state index contributed by atoms with van der Waals surface area (Å²) in [5.74, 6) is 0.0107. The maximum Gasteiger partial charge on any atom is 0.326 e. The molecule has 0 spiro atoms. The Balaban J connectivity index is 1.23. The summed E-state index contributed by atoms with van der Waals surface area (Å²) in [4.78, 5) is 41.8. The normalized spacial score (nSPS) is 29.9. The van der Waals surface area contributed by atoms with Gasteiger partial charge in [-0.15, -0.1) is 0 Å². The molecule has 2 aliphatic rings. The highest BCUT2D eigenvalue weighted by molar-refractivity contribution is 8.07. The average molecular weight is 614 g/mol. The van der Waals surface area contributed by atoms with Crippen molar-refractivity contribution < 1.29 is 38.0 Å². The quantitative estimate of drug-likeness (QED) is 0.131. The number of nitrogens with zero attached hydrogens (tertiary/aromatic N) is 6. The minimum atomic E-state index is -4.33. The summed E-state index contributed by atoms with van der Waals surface area (Å²) in [7, 11) is 0. The molecule has 0 radical (unpaired) electrons. The number of rotatable bonds is 8. The fourth-order valence-corrected chi connectivity index (χ4v) is 6.60. The van der Waals surface area contributed by atoms with Crippen molar-refractivity contribution in [1.29, 1.82) is 0 Å². The van der Waals surface area contributed by atoms with Crippen LogP contribution in [0.1, 0.15) is 12.6 Å². The Labute approximate surface area is 234 Å². The van der Waals surface area contributed by atoms with Gasteiger partial charge in [0.2, 0.25) is 11.7 Å². The largest absolute Gasteiger partial charge is 0.394 e. The molecular weight excluding hydrogens is 588 g/mol. The molecule has 0 aliphatic carbocycles. The van der Waals surface area contributed by atoms with Gasteiger partial charge < -0.3 is 45.1 Å². The van der Waals surface area contributed by atoms with E-state index in [0.717, 1.165) is 10.9 Å². The summed E-state index contributed by atoms with van der Waals surface area (Å²) >= 11 is 5.21. The van der Waals surface area contributed by atoms with E-state index < -0.39 is 68.5 Å². The number of imidazole rings is 1. The number of ether oxygens (including phenoxy) is 2. The summed E-state index contributed by atoms with van der Waals surface area (Å²) in [5.41, 5.74) is 8.78. The molecule has 1 unspecified atom stereocenters. The Morgan fingerprint density at radius 3 is 2.85 bits per heavy atom. The highest BCUT2D eigenvalue weighted by Gasteiger charge is 2.57. The van der Waals surface area contributed by atoms with E-state index in [9.17, 15) is 19.9 Å². The Hall–Kier alpha value is -3.13. The van der Waals surface area contributed by atoms with E-state index in [4.69, 9.17) is 41.8 Å². The van der Waals surface area contributed by atoms with E-state index in [1.165, 1.54) is 6.33 Å². The van der Waals surface area contributed by atoms with Crippen LogP contribution in [-0.2, 0) is 36.1 Å². The molecular formula is C21H25FN9O8PS. The molecule has 0 aromatic carbocycles. The number of fused-ring (bicyclic) bond motifs is 2. The third-order valence-corrected chi connectivity index (χ3v) is 8.57. The van der Waals surface area contributed by atoms with Crippen LogP contribution in [0.2, 0.25) is 0 Å². The summed E-state index contributed by atoms with van der Waals surface area (Å²) in [6.45, 7) is -6.03. The van der Waals surface area contributed by atoms with E-state index in [2.05, 4.69) is 24.9 Å². The first-order valence-electron chi connectivity index (χ1n) is 12.2. The van der Waals surface area contributed by atoms with Gasteiger partial charge >= 0.3 is 6.72 Å². The molecule has 2 aliphatic heterocycles. The van der Waals surface area contributed by atoms with Crippen molar-refractivity contribution >= 4 is 52.5 Å². The van der Waals surface area contributed by atoms with Crippen LogP contribution in [0, 0.1) is 0 Å². The van der Waals surface area contributed by atoms with E-state index in [1.807, 2.05) is 0 Å². The second-order valence-electron chi connectivity index (χ2n) is 9.52. The number of H-pyrrole nitrogens is 1. The van der Waals surface area contributed by atoms with E-state index in [0.29, 0.717) is 11.0 Å². The maximum absolute atomic E-state index is 15.8. The molecule has 6 rings (SSSR count). The zero-order valence-corrected chi connectivity index (χ0v) is 22.7. The van der Waals surface area contributed by atoms with Crippen LogP contribution >= 0.6 is 6.72 Å². The van der Waals surface area contributed by atoms with Gasteiger partial charge in [0, 0.05) is 12.6 Å². The van der Waals surface area contributed by atoms with Gasteiger partial charge in [0.05, 0.1) is 37.6 Å². The lowest BCUT2D eigenvalue weighted by molar-refractivity contribution is -0.0775. The standard InChI is InChI=1S/C21H25FN9O8PS/c22-15-11(4-32)36-6-21(15,31-8-27-14-18(31)28-20(24)29-19(14)34)39-40(35,41)37-5-12-10(33)3-13(38-12)30-2-1-9-16(23)25-7-26-17(9)30/h1-2,7-8,10-13,15,32-33H,3-6H2,(H,35,41)(H2,23,25,26)(H3,24,28,29,34)/t10-,11+,12+,13+,15+,21-,40?/m0/s1. The van der Waals surface area contributed by atoms with Crippen LogP contribution in [0.3, 0.4) is 0 Å². The predicted molar refractivity (Wildman–Crippen MR) is 142 cm³/mol. The van der Waals surface area contributed by atoms with Crippen molar-refractivity contribution in [1.82, 2.24) is 34.1 Å². The van der Waals surface area contributed by atoms with E-state index >= 15 is 4.39 Å². The first kappa shape index (κ1) is 28.0. The number of aromatic nitrogens is 7. The zero-order valence-electron chi connectivity index (χ0n) is 21.0. The van der Waals surface area contributed by atoms with Gasteiger partial charge in [-0.25, -0.2) is 19.3 Å². The van der Waals surface area contributed by atoms with Gasteiger partial charge in [-0.1, -0.05) is 0 Å². The van der Waals surface area contributed by atoms with E-state index in [1.54, 1.807) is 16.8 Å². The highest BCUT2D eigenvalue weighted by atomic mass is 32.5. The van der Waals surface area contributed by atoms with Crippen LogP contribution in [0.5, 0.6) is 0 Å². The summed E-state index contributed by atoms with van der Waals surface area (Å²) in [6, 6.07) is 1.72. The van der Waals surface area contributed by atoms with Crippen molar-refractivity contribution in [3.05, 3.63) is 35.3 Å². The van der Waals surface area contributed by atoms with Gasteiger partial charge in [0.1, 0.15) is 36.2 Å². The molecule has 0 amide bonds. The third-order valence-electron chi connectivity index (χ3n) is 7.00. The van der Waals surface area contributed by atoms with Crippen LogP contribution < -0.4 is 17.0 Å². The summed E-state index contributed by atoms with van der Waals surface area (Å²) in [5, 5.41) is 20.9. The second kappa shape index (κ2) is 10.3. The molecule has 8 N–H and O–H groups in total. The molecule has 220 valence electrons. The number of alkyl halides is 1. The van der Waals surface area contributed by atoms with Crippen molar-refractivity contribution in [2.24, 2.45) is 0 Å². The predicted octanol–water partition coefficient (Wildman–Crippen LogP) is -0.991. The molecule has 20 heteroatoms. The number of nitrogen functional groups attached to an aromatic ring is 2. The van der Waals surface area contributed by atoms with Crippen molar-refractivity contribution in [3.8, 4) is 0 Å². The molecule has 0 bridgehead atoms. The molecule has 4 aromatic rings. The topological polar surface area (TPSA) is 244 Å². The lowest BCUT2D eigenvalue weighted by Gasteiger charge is -2.34. The average Bonchev–Trinajstić information content (AvgIpc) is 3.69. The summed E-state index contributed by atoms with van der Waals surface area (Å²) < 4.78 is 41.1. The minimum absolute atomic E-state index is 0.155. The maximum atomic E-state index is 15.8. The molecule has 4 aromatic heterocycles. The minimum Gasteiger partial charge on any atom is -0.394 e. The molecule has 7 atom stereocenters. The number of anilines is 2. The van der Waals surface area contributed by atoms with Gasteiger partial charge in [0.15, 0.2) is 17.3 Å². The van der Waals surface area contributed by atoms with Crippen LogP contribution in [0.15, 0.2) is 29.7 Å². The molecule has 2 fully saturated rings. The Morgan fingerprint density at radius 2 is 2.10 bits per heavy atom. The number of aliphatic hydroxyl groups is 2. The van der Waals surface area contributed by atoms with Gasteiger partial charge in [0.25, 0.3) is 5.56 Å². The number of nitrogens with two attached hydrogens (primary N) is 2. The molecule has 6 heterocycles. The van der Waals surface area contributed by atoms with Gasteiger partial charge in [-0.2, -0.15) is 4.98 Å². The van der Waals surface area contributed by atoms with Crippen molar-refractivity contribution in [3.63, 3.8) is 0 Å². The zero-order chi connectivity index (χ0) is 29.1. The van der Waals surface area contributed by atoms with Gasteiger partial charge in [-0.3, -0.25) is 18.9 Å². The number of hydrogen-bond donors (Lipinski definition) is 6. The number of aliphatic hydroxyl groups excluding tert-OH is 2. The third kappa shape index (κ3) is 4.78. The lowest BCUT2D eigenvalue weighted by Crippen LogP contribution is -2.46. The fraction of sp³-hybridized carbons (Fsp3) is 0.476. The molecule has 0 saturated carbocycles. The number of aromatic amines is 1. The highest BCUT2D eigenvalue weighted by Crippen LogP contribution is 2.54. The number of hydrogen-bond acceptors (Lipinski definition) is 14. The molecule has 17 nitrogen and oxygen atoms in total. The number of halogens is 1. The lowest BCUT2D eigenvalue weighted by atomic mass is 10.1. The van der Waals surface area contributed by atoms with Gasteiger partial charge in [-0.05, 0) is 17.9 Å². The van der Waals surface area contributed by atoms with Crippen LogP contribution in [-0.4, -0.2) is 93.5 Å². The molecule has 41 heavy (non-hydrogen) atoms. The van der Waals surface area contributed by atoms with E-state index in [-0.39, 0.29) is 29.4 Å². The Kier molecular flexibility index (Phi) is 7.04. The summed E-state index contributed by atoms with van der Waals surface area (Å²) in [6.07, 6.45) is -1.89. The van der Waals surface area contributed by atoms with Crippen LogP contribution in [0.4, 0.5) is 16.2 Å². The first-order chi connectivity index (χ1) is 19.5. The Bertz CT molecular complexity index is 1720. The monoisotopic (exact) mass is 613 g/mol. The SMILES string of the molecule is Nc1nc2c(ncn2[C@]2(OP(O)(=S)OC[C@H]3O[C@@H](n4ccc5c(N)ncnc54)C[C@@H]3O)CO[C@H](CO)[C@H]2F)c(=O)[nH]1. The van der Waals surface area contributed by atoms with Crippen molar-refractivity contribution in [2.75, 3.05) is 31.3 Å². The number of nitrogens with one attached hydrogen (secondary N) is 1. The molecule has 2 saturated heterocycles. The Morgan fingerprint density at radius 1 is 1.29 bits per heavy atom. The first-order valence-corrected chi connectivity index (χ1v) is 14.8. The smallest absolute Gasteiger partial charge is 0.326 e. The van der Waals surface area contributed by atoms with Crippen LogP contribution in [0.25, 0.3) is 22.2 Å². The second-order valence-corrected chi connectivity index (χ2v) is 12.3.